The zero-order valence-corrected chi connectivity index (χ0v) is 17.6. The van der Waals surface area contributed by atoms with Crippen LogP contribution in [0, 0.1) is 10.7 Å². The maximum Gasteiger partial charge on any atom is 0.242 e. The first-order valence-electron chi connectivity index (χ1n) is 9.60. The van der Waals surface area contributed by atoms with Gasteiger partial charge in [-0.25, -0.2) is 0 Å². The largest absolute Gasteiger partial charge is 0.361 e. The van der Waals surface area contributed by atoms with Gasteiger partial charge >= 0.3 is 0 Å². The van der Waals surface area contributed by atoms with Gasteiger partial charge in [-0.05, 0) is 23.8 Å². The molecule has 1 atom stereocenters. The number of hydrogen-bond donors (Lipinski definition) is 4. The summed E-state index contributed by atoms with van der Waals surface area (Å²) in [6.07, 6.45) is 2.83. The molecule has 29 heavy (non-hydrogen) atoms. The molecule has 3 rings (SSSR count). The van der Waals surface area contributed by atoms with Crippen molar-refractivity contribution in [3.63, 3.8) is 0 Å². The molecule has 0 fully saturated rings. The highest BCUT2D eigenvalue weighted by molar-refractivity contribution is 7.71. The highest BCUT2D eigenvalue weighted by Gasteiger charge is 2.23. The summed E-state index contributed by atoms with van der Waals surface area (Å²) < 4.78 is 2.30. The van der Waals surface area contributed by atoms with Gasteiger partial charge in [-0.15, -0.1) is 0 Å². The molecule has 8 nitrogen and oxygen atoms in total. The van der Waals surface area contributed by atoms with Crippen LogP contribution in [0.4, 0.5) is 0 Å². The first-order valence-corrected chi connectivity index (χ1v) is 10.0. The number of benzene rings is 1. The fraction of sp³-hybridized carbons (Fsp3) is 0.400. The van der Waals surface area contributed by atoms with Crippen molar-refractivity contribution in [1.82, 2.24) is 30.4 Å². The van der Waals surface area contributed by atoms with Crippen LogP contribution in [0.15, 0.2) is 30.5 Å². The normalized spacial score (nSPS) is 12.3. The van der Waals surface area contributed by atoms with E-state index in [9.17, 15) is 9.59 Å². The van der Waals surface area contributed by atoms with E-state index in [1.807, 2.05) is 37.5 Å². The Kier molecular flexibility index (Phi) is 6.48. The zero-order valence-electron chi connectivity index (χ0n) is 16.8. The summed E-state index contributed by atoms with van der Waals surface area (Å²) in [7, 11) is 1.83. The second-order valence-corrected chi connectivity index (χ2v) is 7.71. The number of fused-ring (bicyclic) bond motifs is 1. The number of carbonyl (C=O) groups excluding carboxylic acids is 2. The fourth-order valence-corrected chi connectivity index (χ4v) is 3.24. The Hall–Kier alpha value is -2.94. The molecule has 2 aromatic heterocycles. The molecule has 0 aliphatic heterocycles. The van der Waals surface area contributed by atoms with E-state index in [0.717, 1.165) is 22.3 Å². The molecule has 0 saturated carbocycles. The van der Waals surface area contributed by atoms with Crippen molar-refractivity contribution in [2.45, 2.75) is 32.7 Å². The summed E-state index contributed by atoms with van der Waals surface area (Å²) in [6.45, 7) is 4.01. The van der Waals surface area contributed by atoms with Crippen molar-refractivity contribution >= 4 is 34.9 Å². The van der Waals surface area contributed by atoms with E-state index in [-0.39, 0.29) is 17.7 Å². The summed E-state index contributed by atoms with van der Waals surface area (Å²) in [4.78, 5) is 28.3. The van der Waals surface area contributed by atoms with Crippen LogP contribution in [-0.4, -0.2) is 44.1 Å². The van der Waals surface area contributed by atoms with E-state index in [2.05, 4.69) is 25.8 Å². The van der Waals surface area contributed by atoms with Crippen molar-refractivity contribution in [3.8, 4) is 0 Å². The van der Waals surface area contributed by atoms with Crippen molar-refractivity contribution in [2.24, 2.45) is 13.0 Å². The molecule has 4 N–H and O–H groups in total. The summed E-state index contributed by atoms with van der Waals surface area (Å²) >= 11 is 5.10. The van der Waals surface area contributed by atoms with Crippen LogP contribution >= 0.6 is 12.2 Å². The molecule has 0 aliphatic carbocycles. The molecule has 0 aliphatic rings. The molecule has 0 radical (unpaired) electrons. The number of hydrogen-bond acceptors (Lipinski definition) is 4. The van der Waals surface area contributed by atoms with E-state index in [4.69, 9.17) is 12.2 Å². The topological polar surface area (TPSA) is 108 Å². The van der Waals surface area contributed by atoms with Gasteiger partial charge in [0.1, 0.15) is 11.9 Å². The number of para-hydroxylation sites is 1. The van der Waals surface area contributed by atoms with Crippen molar-refractivity contribution in [2.75, 3.05) is 6.54 Å². The van der Waals surface area contributed by atoms with Crippen LogP contribution in [0.5, 0.6) is 0 Å². The summed E-state index contributed by atoms with van der Waals surface area (Å²) in [5.41, 5.74) is 1.99. The predicted octanol–water partition coefficient (Wildman–Crippen LogP) is 2.00. The molecular formula is C20H26N6O2S. The zero-order chi connectivity index (χ0) is 21.0. The lowest BCUT2D eigenvalue weighted by Crippen LogP contribution is -2.49. The molecule has 1 unspecified atom stereocenters. The average molecular weight is 415 g/mol. The van der Waals surface area contributed by atoms with Gasteiger partial charge in [0.05, 0.1) is 0 Å². The molecule has 0 saturated heterocycles. The maximum atomic E-state index is 12.9. The molecule has 0 bridgehead atoms. The quantitative estimate of drug-likeness (QED) is 0.423. The Balaban J connectivity index is 1.70. The molecule has 1 aromatic carbocycles. The van der Waals surface area contributed by atoms with Crippen LogP contribution in [0.1, 0.15) is 25.2 Å². The molecule has 9 heteroatoms. The van der Waals surface area contributed by atoms with E-state index in [1.54, 1.807) is 18.4 Å². The van der Waals surface area contributed by atoms with Crippen LogP contribution in [0.25, 0.3) is 10.9 Å². The number of aromatic amines is 2. The predicted molar refractivity (Wildman–Crippen MR) is 114 cm³/mol. The third-order valence-corrected chi connectivity index (χ3v) is 5.24. The van der Waals surface area contributed by atoms with Crippen molar-refractivity contribution in [1.29, 1.82) is 0 Å². The van der Waals surface area contributed by atoms with Crippen LogP contribution in [-0.2, 0) is 29.5 Å². The molecular weight excluding hydrogens is 388 g/mol. The molecule has 2 amide bonds. The van der Waals surface area contributed by atoms with Crippen LogP contribution in [0.3, 0.4) is 0 Å². The number of aromatic nitrogens is 4. The number of H-pyrrole nitrogens is 2. The lowest BCUT2D eigenvalue weighted by Gasteiger charge is -2.19. The number of nitrogens with one attached hydrogen (secondary N) is 4. The Morgan fingerprint density at radius 2 is 2.00 bits per heavy atom. The van der Waals surface area contributed by atoms with Crippen LogP contribution < -0.4 is 10.6 Å². The third kappa shape index (κ3) is 4.92. The third-order valence-electron chi connectivity index (χ3n) is 4.88. The Labute approximate surface area is 174 Å². The molecule has 0 spiro atoms. The fourth-order valence-electron chi connectivity index (χ4n) is 3.09. The minimum absolute atomic E-state index is 0.153. The summed E-state index contributed by atoms with van der Waals surface area (Å²) in [6, 6.07) is 7.24. The van der Waals surface area contributed by atoms with E-state index >= 15 is 0 Å². The maximum absolute atomic E-state index is 12.9. The molecule has 3 aromatic rings. The second kappa shape index (κ2) is 9.04. The number of rotatable bonds is 8. The van der Waals surface area contributed by atoms with Gasteiger partial charge in [-0.3, -0.25) is 14.7 Å². The monoisotopic (exact) mass is 414 g/mol. The lowest BCUT2D eigenvalue weighted by molar-refractivity contribution is -0.130. The first-order chi connectivity index (χ1) is 13.9. The number of carbonyl (C=O) groups is 2. The van der Waals surface area contributed by atoms with Gasteiger partial charge < -0.3 is 20.2 Å². The van der Waals surface area contributed by atoms with Gasteiger partial charge in [0, 0.05) is 49.5 Å². The van der Waals surface area contributed by atoms with Gasteiger partial charge in [-0.2, -0.15) is 5.10 Å². The van der Waals surface area contributed by atoms with Crippen LogP contribution in [0.2, 0.25) is 0 Å². The Morgan fingerprint density at radius 3 is 2.69 bits per heavy atom. The van der Waals surface area contributed by atoms with Crippen molar-refractivity contribution in [3.05, 3.63) is 46.6 Å². The van der Waals surface area contributed by atoms with Gasteiger partial charge in [0.25, 0.3) is 0 Å². The Bertz CT molecular complexity index is 1060. The van der Waals surface area contributed by atoms with Crippen molar-refractivity contribution < 1.29 is 9.59 Å². The second-order valence-electron chi connectivity index (χ2n) is 7.32. The van der Waals surface area contributed by atoms with Gasteiger partial charge in [0.2, 0.25) is 11.8 Å². The minimum atomic E-state index is -0.661. The smallest absolute Gasteiger partial charge is 0.242 e. The van der Waals surface area contributed by atoms with Gasteiger partial charge in [0.15, 0.2) is 4.77 Å². The Morgan fingerprint density at radius 1 is 1.24 bits per heavy atom. The average Bonchev–Trinajstić information content (AvgIpc) is 3.25. The lowest BCUT2D eigenvalue weighted by atomic mass is 10.0. The number of nitrogens with zero attached hydrogens (tertiary/aromatic N) is 2. The standard InChI is InChI=1S/C20H26N6O2S/c1-12(2)18(27)23-16(10-13-11-22-15-7-5-4-6-14(13)15)19(28)21-9-8-17-24-25-20(29)26(17)3/h4-7,11-12,16,22H,8-10H2,1-3H3,(H,21,28)(H,23,27)(H,25,29). The SMILES string of the molecule is CC(C)C(=O)NC(Cc1c[nH]c2ccccc12)C(=O)NCCc1n[nH]c(=S)n1C. The highest BCUT2D eigenvalue weighted by atomic mass is 32.1. The summed E-state index contributed by atoms with van der Waals surface area (Å²) in [5.74, 6) is 0.178. The first kappa shape index (κ1) is 20.8. The minimum Gasteiger partial charge on any atom is -0.361 e. The van der Waals surface area contributed by atoms with E-state index in [1.165, 1.54) is 0 Å². The molecule has 2 heterocycles. The summed E-state index contributed by atoms with van der Waals surface area (Å²) in [5, 5.41) is 13.7. The number of amides is 2. The molecule has 154 valence electrons. The van der Waals surface area contributed by atoms with E-state index < -0.39 is 6.04 Å². The highest BCUT2D eigenvalue weighted by Crippen LogP contribution is 2.19. The van der Waals surface area contributed by atoms with E-state index in [0.29, 0.717) is 24.2 Å². The van der Waals surface area contributed by atoms with Gasteiger partial charge in [-0.1, -0.05) is 32.0 Å².